The lowest BCUT2D eigenvalue weighted by molar-refractivity contribution is -0.143. The topological polar surface area (TPSA) is 116 Å². The molecule has 7 nitrogen and oxygen atoms in total. The minimum Gasteiger partial charge on any atom is -0.466 e. The number of aliphatic hydroxyl groups is 3. The van der Waals surface area contributed by atoms with Gasteiger partial charge in [-0.3, -0.25) is 9.59 Å². The van der Waals surface area contributed by atoms with Gasteiger partial charge in [0.15, 0.2) is 0 Å². The molecule has 0 fully saturated rings. The standard InChI is InChI=1S/C62H117NO6/c1-3-5-7-9-11-13-15-16-26-30-33-37-41-45-49-53-62(68)69-56-50-46-42-38-34-31-28-25-23-21-19-17-18-20-22-24-27-29-32-36-40-44-48-52-61(67)63-59(57-64)60(66)55-54-58(65)51-47-43-39-35-14-12-10-8-6-4-2/h11,13,16,26,54-55,58-60,64-66H,3-10,12,14-15,17-25,27-53,56-57H2,1-2H3,(H,63,67)/b13-11-,26-16-,55-54+/t58-,59+,60-/m1/s1. The largest absolute Gasteiger partial charge is 0.466 e. The zero-order valence-electron chi connectivity index (χ0n) is 45.9. The van der Waals surface area contributed by atoms with Gasteiger partial charge in [0, 0.05) is 12.8 Å². The van der Waals surface area contributed by atoms with Crippen LogP contribution in [0.1, 0.15) is 316 Å². The van der Waals surface area contributed by atoms with E-state index in [0.29, 0.717) is 25.9 Å². The Hall–Kier alpha value is -1.96. The smallest absolute Gasteiger partial charge is 0.305 e. The molecular formula is C62H117NO6. The number of nitrogens with one attached hydrogen (secondary N) is 1. The quantitative estimate of drug-likeness (QED) is 0.0274. The molecule has 3 atom stereocenters. The van der Waals surface area contributed by atoms with Crippen LogP contribution < -0.4 is 5.32 Å². The van der Waals surface area contributed by atoms with Crippen molar-refractivity contribution >= 4 is 11.9 Å². The molecule has 0 aliphatic heterocycles. The fraction of sp³-hybridized carbons (Fsp3) is 0.871. The minimum atomic E-state index is -1.02. The Bertz CT molecular complexity index is 1140. The van der Waals surface area contributed by atoms with Crippen molar-refractivity contribution in [2.45, 2.75) is 334 Å². The second-order valence-electron chi connectivity index (χ2n) is 20.9. The van der Waals surface area contributed by atoms with Gasteiger partial charge in [-0.25, -0.2) is 0 Å². The molecule has 0 bridgehead atoms. The third-order valence-electron chi connectivity index (χ3n) is 14.0. The van der Waals surface area contributed by atoms with Crippen molar-refractivity contribution in [2.24, 2.45) is 0 Å². The van der Waals surface area contributed by atoms with Gasteiger partial charge in [-0.2, -0.15) is 0 Å². The van der Waals surface area contributed by atoms with Crippen molar-refractivity contribution in [3.05, 3.63) is 36.5 Å². The summed E-state index contributed by atoms with van der Waals surface area (Å²) in [6, 6.07) is -0.750. The third kappa shape index (κ3) is 53.7. The molecule has 0 heterocycles. The number of esters is 1. The summed E-state index contributed by atoms with van der Waals surface area (Å²) in [5, 5.41) is 33.3. The molecule has 0 aliphatic rings. The molecule has 0 aliphatic carbocycles. The van der Waals surface area contributed by atoms with E-state index >= 15 is 0 Å². The van der Waals surface area contributed by atoms with Gasteiger partial charge in [0.05, 0.1) is 31.5 Å². The molecule has 0 spiro atoms. The van der Waals surface area contributed by atoms with Crippen LogP contribution in [0.3, 0.4) is 0 Å². The number of carbonyl (C=O) groups is 2. The zero-order valence-corrected chi connectivity index (χ0v) is 45.9. The number of carbonyl (C=O) groups excluding carboxylic acids is 2. The number of ether oxygens (including phenoxy) is 1. The maximum Gasteiger partial charge on any atom is 0.305 e. The van der Waals surface area contributed by atoms with E-state index in [1.165, 1.54) is 231 Å². The molecule has 7 heteroatoms. The molecular weight excluding hydrogens is 855 g/mol. The van der Waals surface area contributed by atoms with Crippen LogP contribution >= 0.6 is 0 Å². The van der Waals surface area contributed by atoms with Crippen molar-refractivity contribution in [1.29, 1.82) is 0 Å². The lowest BCUT2D eigenvalue weighted by atomic mass is 10.0. The summed E-state index contributed by atoms with van der Waals surface area (Å²) >= 11 is 0. The van der Waals surface area contributed by atoms with Gasteiger partial charge in [-0.1, -0.05) is 281 Å². The number of rotatable bonds is 56. The Balaban J connectivity index is 3.44. The first-order valence-electron chi connectivity index (χ1n) is 30.3. The molecule has 0 saturated heterocycles. The van der Waals surface area contributed by atoms with Crippen molar-refractivity contribution in [3.8, 4) is 0 Å². The van der Waals surface area contributed by atoms with Crippen molar-refractivity contribution in [1.82, 2.24) is 5.32 Å². The second kappa shape index (κ2) is 56.9. The van der Waals surface area contributed by atoms with E-state index in [4.69, 9.17) is 4.74 Å². The summed E-state index contributed by atoms with van der Waals surface area (Å²) < 4.78 is 5.47. The SMILES string of the molecule is CCCCC/C=C\C/C=C\CCCCCCCC(=O)OCCCCCCCCCCCCCCCCCCCCCCCCCC(=O)N[C@@H](CO)[C@H](O)/C=C/[C@H](O)CCCCCCCCCCCC. The van der Waals surface area contributed by atoms with Crippen LogP contribution in [0.5, 0.6) is 0 Å². The number of hydrogen-bond acceptors (Lipinski definition) is 6. The first-order valence-corrected chi connectivity index (χ1v) is 30.3. The van der Waals surface area contributed by atoms with Gasteiger partial charge in [-0.15, -0.1) is 0 Å². The van der Waals surface area contributed by atoms with Crippen LogP contribution in [0.2, 0.25) is 0 Å². The maximum absolute atomic E-state index is 12.5. The van der Waals surface area contributed by atoms with Crippen LogP contribution in [-0.4, -0.2) is 58.7 Å². The molecule has 0 aromatic heterocycles. The molecule has 0 saturated carbocycles. The average Bonchev–Trinajstić information content (AvgIpc) is 3.35. The van der Waals surface area contributed by atoms with Crippen molar-refractivity contribution < 1.29 is 29.6 Å². The number of amides is 1. The predicted molar refractivity (Wildman–Crippen MR) is 298 cm³/mol. The molecule has 4 N–H and O–H groups in total. The molecule has 0 aromatic carbocycles. The van der Waals surface area contributed by atoms with Gasteiger partial charge < -0.3 is 25.4 Å². The Labute approximate surface area is 428 Å². The highest BCUT2D eigenvalue weighted by molar-refractivity contribution is 5.76. The molecule has 0 unspecified atom stereocenters. The number of hydrogen-bond donors (Lipinski definition) is 4. The zero-order chi connectivity index (χ0) is 50.2. The summed E-state index contributed by atoms with van der Waals surface area (Å²) in [6.45, 7) is 4.76. The second-order valence-corrected chi connectivity index (χ2v) is 20.9. The monoisotopic (exact) mass is 972 g/mol. The van der Waals surface area contributed by atoms with Gasteiger partial charge in [-0.05, 0) is 57.8 Å². The third-order valence-corrected chi connectivity index (χ3v) is 14.0. The molecule has 0 rings (SSSR count). The molecule has 69 heavy (non-hydrogen) atoms. The van der Waals surface area contributed by atoms with Crippen molar-refractivity contribution in [3.63, 3.8) is 0 Å². The van der Waals surface area contributed by atoms with Crippen molar-refractivity contribution in [2.75, 3.05) is 13.2 Å². The first-order chi connectivity index (χ1) is 33.9. The van der Waals surface area contributed by atoms with E-state index < -0.39 is 18.2 Å². The van der Waals surface area contributed by atoms with E-state index in [-0.39, 0.29) is 18.5 Å². The van der Waals surface area contributed by atoms with E-state index in [2.05, 4.69) is 43.5 Å². The molecule has 0 radical (unpaired) electrons. The van der Waals surface area contributed by atoms with Gasteiger partial charge in [0.25, 0.3) is 0 Å². The predicted octanol–water partition coefficient (Wildman–Crippen LogP) is 17.8. The average molecular weight is 973 g/mol. The molecule has 1 amide bonds. The van der Waals surface area contributed by atoms with Crippen LogP contribution in [0, 0.1) is 0 Å². The first kappa shape index (κ1) is 67.0. The number of allylic oxidation sites excluding steroid dienone is 4. The summed E-state index contributed by atoms with van der Waals surface area (Å²) in [4.78, 5) is 24.5. The fourth-order valence-corrected chi connectivity index (χ4v) is 9.27. The Morgan fingerprint density at radius 1 is 0.435 bits per heavy atom. The van der Waals surface area contributed by atoms with E-state index in [0.717, 1.165) is 57.8 Å². The van der Waals surface area contributed by atoms with E-state index in [1.54, 1.807) is 6.08 Å². The molecule has 406 valence electrons. The minimum absolute atomic E-state index is 0.00368. The Morgan fingerprint density at radius 2 is 0.797 bits per heavy atom. The maximum atomic E-state index is 12.5. The highest BCUT2D eigenvalue weighted by Gasteiger charge is 2.18. The fourth-order valence-electron chi connectivity index (χ4n) is 9.27. The van der Waals surface area contributed by atoms with Crippen LogP contribution in [0.4, 0.5) is 0 Å². The summed E-state index contributed by atoms with van der Waals surface area (Å²) in [5.41, 5.74) is 0. The summed E-state index contributed by atoms with van der Waals surface area (Å²) in [7, 11) is 0. The lowest BCUT2D eigenvalue weighted by Gasteiger charge is -2.20. The Kier molecular flexibility index (Phi) is 55.3. The normalized spacial score (nSPS) is 13.3. The van der Waals surface area contributed by atoms with E-state index in [1.807, 2.05) is 0 Å². The highest BCUT2D eigenvalue weighted by Crippen LogP contribution is 2.17. The van der Waals surface area contributed by atoms with Gasteiger partial charge in [0.1, 0.15) is 0 Å². The van der Waals surface area contributed by atoms with Crippen LogP contribution in [-0.2, 0) is 14.3 Å². The van der Waals surface area contributed by atoms with Crippen LogP contribution in [0.25, 0.3) is 0 Å². The molecule has 0 aromatic rings. The van der Waals surface area contributed by atoms with E-state index in [9.17, 15) is 24.9 Å². The van der Waals surface area contributed by atoms with Gasteiger partial charge >= 0.3 is 5.97 Å². The lowest BCUT2D eigenvalue weighted by Crippen LogP contribution is -2.45. The van der Waals surface area contributed by atoms with Crippen LogP contribution in [0.15, 0.2) is 36.5 Å². The summed E-state index contributed by atoms with van der Waals surface area (Å²) in [5.74, 6) is -0.135. The highest BCUT2D eigenvalue weighted by atomic mass is 16.5. The number of aliphatic hydroxyl groups excluding tert-OH is 3. The Morgan fingerprint density at radius 3 is 1.25 bits per heavy atom. The van der Waals surface area contributed by atoms with Gasteiger partial charge in [0.2, 0.25) is 5.91 Å². The number of unbranched alkanes of at least 4 members (excludes halogenated alkanes) is 39. The summed E-state index contributed by atoms with van der Waals surface area (Å²) in [6.07, 6.45) is 67.7.